The maximum absolute atomic E-state index is 13.6. The monoisotopic (exact) mass is 483 g/mol. The standard InChI is InChI=1S/C13H6F6N.Ir/c1-6-2-3-20-9(4-6)7-5-8(13(17,18)19)11(15)12(16)10(7)14;/h2-4H,1H3;/q-1;. The fourth-order valence-corrected chi connectivity index (χ4v) is 1.60. The fourth-order valence-electron chi connectivity index (χ4n) is 1.60. The van der Waals surface area contributed by atoms with Crippen molar-refractivity contribution in [3.8, 4) is 11.3 Å². The van der Waals surface area contributed by atoms with Gasteiger partial charge in [0.05, 0.1) is 11.6 Å². The second-order valence-corrected chi connectivity index (χ2v) is 4.03. The van der Waals surface area contributed by atoms with E-state index >= 15 is 0 Å². The molecule has 1 heterocycles. The minimum atomic E-state index is -5.18. The van der Waals surface area contributed by atoms with E-state index in [1.54, 1.807) is 6.92 Å². The largest absolute Gasteiger partial charge is 0.402 e. The Kier molecular flexibility index (Phi) is 5.17. The van der Waals surface area contributed by atoms with Gasteiger partial charge in [0, 0.05) is 31.9 Å². The van der Waals surface area contributed by atoms with Crippen LogP contribution in [0.2, 0.25) is 0 Å². The van der Waals surface area contributed by atoms with Crippen LogP contribution in [0.4, 0.5) is 26.3 Å². The molecule has 0 aliphatic carbocycles. The molecule has 2 aromatic rings. The van der Waals surface area contributed by atoms with Crippen LogP contribution in [0.25, 0.3) is 11.3 Å². The van der Waals surface area contributed by atoms with E-state index in [-0.39, 0.29) is 25.8 Å². The summed E-state index contributed by atoms with van der Waals surface area (Å²) in [5.41, 5.74) is -2.54. The third-order valence-corrected chi connectivity index (χ3v) is 2.53. The third-order valence-electron chi connectivity index (χ3n) is 2.53. The molecule has 21 heavy (non-hydrogen) atoms. The molecule has 115 valence electrons. The number of halogens is 6. The molecule has 1 aromatic heterocycles. The first-order valence-electron chi connectivity index (χ1n) is 5.32. The molecule has 0 N–H and O–H groups in total. The summed E-state index contributed by atoms with van der Waals surface area (Å²) in [5, 5.41) is 0. The summed E-state index contributed by atoms with van der Waals surface area (Å²) < 4.78 is 77.7. The molecular weight excluding hydrogens is 476 g/mol. The van der Waals surface area contributed by atoms with Crippen LogP contribution < -0.4 is 0 Å². The van der Waals surface area contributed by atoms with Crippen molar-refractivity contribution in [2.45, 2.75) is 13.1 Å². The Hall–Kier alpha value is -1.40. The summed E-state index contributed by atoms with van der Waals surface area (Å²) in [4.78, 5) is 3.64. The van der Waals surface area contributed by atoms with E-state index in [0.717, 1.165) is 0 Å². The molecule has 0 unspecified atom stereocenters. The van der Waals surface area contributed by atoms with E-state index in [1.807, 2.05) is 0 Å². The SMILES string of the molecule is Cc1ccnc(-c2[c-]c(C(F)(F)F)c(F)c(F)c2F)c1.[Ir]. The van der Waals surface area contributed by atoms with E-state index in [4.69, 9.17) is 0 Å². The molecule has 8 heteroatoms. The average Bonchev–Trinajstić information content (AvgIpc) is 2.34. The predicted molar refractivity (Wildman–Crippen MR) is 58.1 cm³/mol. The van der Waals surface area contributed by atoms with E-state index in [0.29, 0.717) is 5.56 Å². The molecule has 0 bridgehead atoms. The first-order chi connectivity index (χ1) is 9.21. The Bertz CT molecular complexity index is 668. The van der Waals surface area contributed by atoms with Crippen molar-refractivity contribution in [3.63, 3.8) is 0 Å². The van der Waals surface area contributed by atoms with Crippen LogP contribution in [-0.2, 0) is 26.3 Å². The number of aromatic nitrogens is 1. The minimum absolute atomic E-state index is 0. The van der Waals surface area contributed by atoms with Crippen LogP contribution in [-0.4, -0.2) is 4.98 Å². The van der Waals surface area contributed by atoms with Crippen molar-refractivity contribution in [1.29, 1.82) is 0 Å². The molecule has 1 radical (unpaired) electrons. The van der Waals surface area contributed by atoms with Crippen molar-refractivity contribution in [3.05, 3.63) is 53.0 Å². The molecule has 2 rings (SSSR count). The van der Waals surface area contributed by atoms with Gasteiger partial charge in [-0.1, -0.05) is 17.2 Å². The second-order valence-electron chi connectivity index (χ2n) is 4.03. The minimum Gasteiger partial charge on any atom is -0.305 e. The van der Waals surface area contributed by atoms with E-state index in [9.17, 15) is 26.3 Å². The topological polar surface area (TPSA) is 12.9 Å². The number of nitrogens with zero attached hydrogens (tertiary/aromatic N) is 1. The molecule has 0 fully saturated rings. The zero-order valence-electron chi connectivity index (χ0n) is 10.3. The maximum atomic E-state index is 13.6. The molecule has 0 amide bonds. The Morgan fingerprint density at radius 1 is 1.05 bits per heavy atom. The normalized spacial score (nSPS) is 11.2. The Labute approximate surface area is 129 Å². The third kappa shape index (κ3) is 3.44. The molecule has 0 saturated carbocycles. The molecule has 0 spiro atoms. The Morgan fingerprint density at radius 2 is 1.67 bits per heavy atom. The molecule has 1 nitrogen and oxygen atoms in total. The first kappa shape index (κ1) is 17.7. The number of hydrogen-bond donors (Lipinski definition) is 0. The fraction of sp³-hybridized carbons (Fsp3) is 0.154. The van der Waals surface area contributed by atoms with E-state index in [2.05, 4.69) is 4.98 Å². The molecule has 0 aliphatic rings. The Morgan fingerprint density at radius 3 is 2.19 bits per heavy atom. The van der Waals surface area contributed by atoms with Gasteiger partial charge in [0.1, 0.15) is 5.82 Å². The smallest absolute Gasteiger partial charge is 0.305 e. The summed E-state index contributed by atoms with van der Waals surface area (Å²) >= 11 is 0. The van der Waals surface area contributed by atoms with Gasteiger partial charge in [-0.25, -0.2) is 4.39 Å². The van der Waals surface area contributed by atoms with Crippen molar-refractivity contribution in [2.75, 3.05) is 0 Å². The summed E-state index contributed by atoms with van der Waals surface area (Å²) in [6.07, 6.45) is -3.97. The molecule has 0 atom stereocenters. The number of aryl methyl sites for hydroxylation is 1. The van der Waals surface area contributed by atoms with Gasteiger partial charge in [0.25, 0.3) is 0 Å². The molecule has 0 aliphatic heterocycles. The van der Waals surface area contributed by atoms with Crippen LogP contribution in [0.15, 0.2) is 18.3 Å². The second kappa shape index (κ2) is 6.15. The van der Waals surface area contributed by atoms with Crippen LogP contribution >= 0.6 is 0 Å². The van der Waals surface area contributed by atoms with Gasteiger partial charge in [-0.3, -0.25) is 8.78 Å². The summed E-state index contributed by atoms with van der Waals surface area (Å²) in [5.74, 6) is -6.27. The van der Waals surface area contributed by atoms with Gasteiger partial charge in [0.2, 0.25) is 0 Å². The van der Waals surface area contributed by atoms with Crippen LogP contribution in [0.3, 0.4) is 0 Å². The van der Waals surface area contributed by atoms with Crippen molar-refractivity contribution < 1.29 is 46.4 Å². The number of benzene rings is 1. The summed E-state index contributed by atoms with van der Waals surface area (Å²) in [6, 6.07) is 4.29. The summed E-state index contributed by atoms with van der Waals surface area (Å²) in [6.45, 7) is 1.59. The van der Waals surface area contributed by atoms with Crippen LogP contribution in [0.1, 0.15) is 11.1 Å². The van der Waals surface area contributed by atoms with Gasteiger partial charge in [-0.2, -0.15) is 13.2 Å². The zero-order valence-corrected chi connectivity index (χ0v) is 12.7. The number of alkyl halides is 3. The predicted octanol–water partition coefficient (Wildman–Crippen LogP) is 4.29. The van der Waals surface area contributed by atoms with Crippen LogP contribution in [0, 0.1) is 30.4 Å². The van der Waals surface area contributed by atoms with Crippen molar-refractivity contribution in [2.24, 2.45) is 0 Å². The molecule has 1 aromatic carbocycles. The summed E-state index contributed by atoms with van der Waals surface area (Å²) in [7, 11) is 0. The Balaban J connectivity index is 0.00000220. The van der Waals surface area contributed by atoms with Crippen molar-refractivity contribution in [1.82, 2.24) is 4.98 Å². The first-order valence-corrected chi connectivity index (χ1v) is 5.32. The van der Waals surface area contributed by atoms with Gasteiger partial charge in [-0.05, 0) is 18.7 Å². The van der Waals surface area contributed by atoms with Crippen molar-refractivity contribution >= 4 is 0 Å². The van der Waals surface area contributed by atoms with Gasteiger partial charge < -0.3 is 4.98 Å². The van der Waals surface area contributed by atoms with Gasteiger partial charge in [-0.15, -0.1) is 6.07 Å². The van der Waals surface area contributed by atoms with Crippen LogP contribution in [0.5, 0.6) is 0 Å². The maximum Gasteiger partial charge on any atom is 0.402 e. The average molecular weight is 482 g/mol. The molecular formula is C13H6F6IrN-. The number of pyridine rings is 1. The zero-order chi connectivity index (χ0) is 15.1. The van der Waals surface area contributed by atoms with E-state index in [1.165, 1.54) is 24.4 Å². The van der Waals surface area contributed by atoms with Gasteiger partial charge >= 0.3 is 6.18 Å². The van der Waals surface area contributed by atoms with E-state index < -0.39 is 34.8 Å². The molecule has 0 saturated heterocycles. The quantitative estimate of drug-likeness (QED) is 0.336. The number of hydrogen-bond acceptors (Lipinski definition) is 1. The number of rotatable bonds is 1. The van der Waals surface area contributed by atoms with Gasteiger partial charge in [0.15, 0.2) is 0 Å².